The van der Waals surface area contributed by atoms with Crippen molar-refractivity contribution in [3.8, 4) is 0 Å². The fraction of sp³-hybridized carbons (Fsp3) is 0.273. The minimum Gasteiger partial charge on any atom is -0.347 e. The minimum atomic E-state index is -0.551. The van der Waals surface area contributed by atoms with Crippen molar-refractivity contribution in [1.82, 2.24) is 5.32 Å². The zero-order valence-corrected chi connectivity index (χ0v) is 9.62. The molecular formula is C11H13ClN2O2. The van der Waals surface area contributed by atoms with Gasteiger partial charge in [-0.2, -0.15) is 0 Å². The van der Waals surface area contributed by atoms with Crippen LogP contribution in [-0.4, -0.2) is 18.4 Å². The average Bonchev–Trinajstić information content (AvgIpc) is 2.30. The van der Waals surface area contributed by atoms with E-state index in [9.17, 15) is 9.59 Å². The van der Waals surface area contributed by atoms with Crippen molar-refractivity contribution in [3.05, 3.63) is 29.8 Å². The summed E-state index contributed by atoms with van der Waals surface area (Å²) in [5, 5.41) is 5.05. The maximum Gasteiger partial charge on any atom is 0.246 e. The monoisotopic (exact) mass is 240 g/mol. The molecule has 0 bridgehead atoms. The zero-order chi connectivity index (χ0) is 12.0. The van der Waals surface area contributed by atoms with E-state index in [1.807, 2.05) is 12.1 Å². The van der Waals surface area contributed by atoms with Crippen LogP contribution in [0, 0.1) is 0 Å². The van der Waals surface area contributed by atoms with Gasteiger partial charge in [0, 0.05) is 11.6 Å². The van der Waals surface area contributed by atoms with Crippen LogP contribution in [0.4, 0.5) is 5.69 Å². The number of amides is 2. The molecule has 0 aliphatic rings. The van der Waals surface area contributed by atoms with Gasteiger partial charge in [-0.1, -0.05) is 12.1 Å². The number of hydrogen-bond acceptors (Lipinski definition) is 2. The Morgan fingerprint density at radius 3 is 2.56 bits per heavy atom. The summed E-state index contributed by atoms with van der Waals surface area (Å²) in [7, 11) is 0. The first-order valence-electron chi connectivity index (χ1n) is 4.83. The van der Waals surface area contributed by atoms with Gasteiger partial charge in [-0.05, 0) is 24.6 Å². The lowest BCUT2D eigenvalue weighted by atomic mass is 10.2. The second-order valence-electron chi connectivity index (χ2n) is 3.33. The van der Waals surface area contributed by atoms with E-state index in [4.69, 9.17) is 11.6 Å². The number of carbonyl (C=O) groups is 2. The number of nitrogens with one attached hydrogen (secondary N) is 2. The van der Waals surface area contributed by atoms with Crippen molar-refractivity contribution in [3.63, 3.8) is 0 Å². The summed E-state index contributed by atoms with van der Waals surface area (Å²) in [5.74, 6) is 0.183. The van der Waals surface area contributed by atoms with E-state index in [1.54, 1.807) is 19.1 Å². The van der Waals surface area contributed by atoms with Crippen molar-refractivity contribution >= 4 is 29.6 Å². The summed E-state index contributed by atoms with van der Waals surface area (Å²) in [6.07, 6.45) is 0.501. The molecule has 0 radical (unpaired) electrons. The molecule has 16 heavy (non-hydrogen) atoms. The maximum atomic E-state index is 11.5. The number of alkyl halides is 1. The third-order valence-electron chi connectivity index (χ3n) is 2.09. The molecule has 0 saturated carbocycles. The highest BCUT2D eigenvalue weighted by atomic mass is 35.5. The molecule has 0 heterocycles. The molecule has 2 amide bonds. The topological polar surface area (TPSA) is 58.2 Å². The summed E-state index contributed by atoms with van der Waals surface area (Å²) >= 11 is 5.64. The van der Waals surface area contributed by atoms with Crippen LogP contribution in [-0.2, 0) is 15.5 Å². The van der Waals surface area contributed by atoms with Gasteiger partial charge in [-0.15, -0.1) is 11.6 Å². The molecule has 1 rings (SSSR count). The van der Waals surface area contributed by atoms with Crippen LogP contribution in [0.5, 0.6) is 0 Å². The summed E-state index contributed by atoms with van der Waals surface area (Å²) < 4.78 is 0. The molecule has 2 N–H and O–H groups in total. The Labute approximate surface area is 99.0 Å². The molecule has 0 spiro atoms. The van der Waals surface area contributed by atoms with Crippen LogP contribution < -0.4 is 10.6 Å². The predicted octanol–water partition coefficient (Wildman–Crippen LogP) is 1.50. The van der Waals surface area contributed by atoms with E-state index in [1.165, 1.54) is 0 Å². The average molecular weight is 241 g/mol. The van der Waals surface area contributed by atoms with Gasteiger partial charge in [0.1, 0.15) is 6.04 Å². The molecular weight excluding hydrogens is 228 g/mol. The molecule has 86 valence electrons. The molecule has 0 aromatic heterocycles. The van der Waals surface area contributed by atoms with Gasteiger partial charge in [0.25, 0.3) is 0 Å². The summed E-state index contributed by atoms with van der Waals surface area (Å²) in [6.45, 7) is 1.61. The molecule has 4 nitrogen and oxygen atoms in total. The van der Waals surface area contributed by atoms with Gasteiger partial charge >= 0.3 is 0 Å². The third-order valence-corrected chi connectivity index (χ3v) is 2.40. The Morgan fingerprint density at radius 2 is 2.06 bits per heavy atom. The lowest BCUT2D eigenvalue weighted by Crippen LogP contribution is -2.37. The molecule has 0 aliphatic heterocycles. The SMILES string of the molecule is CC(NC=O)C(=O)Nc1ccc(CCl)cc1. The molecule has 1 aromatic carbocycles. The van der Waals surface area contributed by atoms with Crippen molar-refractivity contribution in [2.75, 3.05) is 5.32 Å². The van der Waals surface area contributed by atoms with E-state index in [0.29, 0.717) is 18.0 Å². The predicted molar refractivity (Wildman–Crippen MR) is 63.3 cm³/mol. The Balaban J connectivity index is 2.58. The summed E-state index contributed by atoms with van der Waals surface area (Å²) in [6, 6.07) is 6.65. The summed E-state index contributed by atoms with van der Waals surface area (Å²) in [5.41, 5.74) is 1.66. The van der Waals surface area contributed by atoms with Crippen LogP contribution in [0.3, 0.4) is 0 Å². The van der Waals surface area contributed by atoms with E-state index < -0.39 is 6.04 Å². The standard InChI is InChI=1S/C11H13ClN2O2/c1-8(13-7-15)11(16)14-10-4-2-9(6-12)3-5-10/h2-5,7-8H,6H2,1H3,(H,13,15)(H,14,16). The first kappa shape index (κ1) is 12.5. The normalized spacial score (nSPS) is 11.6. The number of anilines is 1. The number of benzene rings is 1. The van der Waals surface area contributed by atoms with Crippen molar-refractivity contribution in [2.24, 2.45) is 0 Å². The number of hydrogen-bond donors (Lipinski definition) is 2. The van der Waals surface area contributed by atoms with E-state index in [2.05, 4.69) is 10.6 Å². The molecule has 1 aromatic rings. The van der Waals surface area contributed by atoms with Crippen LogP contribution >= 0.6 is 11.6 Å². The fourth-order valence-electron chi connectivity index (χ4n) is 1.11. The van der Waals surface area contributed by atoms with Crippen LogP contribution in [0.2, 0.25) is 0 Å². The Bertz CT molecular complexity index is 365. The molecule has 1 atom stereocenters. The van der Waals surface area contributed by atoms with E-state index >= 15 is 0 Å². The van der Waals surface area contributed by atoms with Gasteiger partial charge in [0.15, 0.2) is 0 Å². The van der Waals surface area contributed by atoms with E-state index in [-0.39, 0.29) is 5.91 Å². The Morgan fingerprint density at radius 1 is 1.44 bits per heavy atom. The first-order chi connectivity index (χ1) is 7.67. The number of carbonyl (C=O) groups excluding carboxylic acids is 2. The summed E-state index contributed by atoms with van der Waals surface area (Å²) in [4.78, 5) is 21.6. The Hall–Kier alpha value is -1.55. The highest BCUT2D eigenvalue weighted by Crippen LogP contribution is 2.11. The maximum absolute atomic E-state index is 11.5. The van der Waals surface area contributed by atoms with Crippen LogP contribution in [0.25, 0.3) is 0 Å². The van der Waals surface area contributed by atoms with Gasteiger partial charge in [-0.25, -0.2) is 0 Å². The van der Waals surface area contributed by atoms with Gasteiger partial charge in [0.2, 0.25) is 12.3 Å². The first-order valence-corrected chi connectivity index (χ1v) is 5.36. The van der Waals surface area contributed by atoms with Gasteiger partial charge < -0.3 is 10.6 Å². The minimum absolute atomic E-state index is 0.259. The second-order valence-corrected chi connectivity index (χ2v) is 3.59. The van der Waals surface area contributed by atoms with E-state index in [0.717, 1.165) is 5.56 Å². The molecule has 0 saturated heterocycles. The largest absolute Gasteiger partial charge is 0.347 e. The van der Waals surface area contributed by atoms with Gasteiger partial charge in [-0.3, -0.25) is 9.59 Å². The zero-order valence-electron chi connectivity index (χ0n) is 8.87. The molecule has 0 aliphatic carbocycles. The highest BCUT2D eigenvalue weighted by Gasteiger charge is 2.10. The number of halogens is 1. The Kier molecular flexibility index (Phi) is 4.79. The lowest BCUT2D eigenvalue weighted by Gasteiger charge is -2.11. The van der Waals surface area contributed by atoms with Crippen LogP contribution in [0.15, 0.2) is 24.3 Å². The molecule has 5 heteroatoms. The second kappa shape index (κ2) is 6.12. The van der Waals surface area contributed by atoms with Crippen LogP contribution in [0.1, 0.15) is 12.5 Å². The smallest absolute Gasteiger partial charge is 0.246 e. The van der Waals surface area contributed by atoms with Crippen molar-refractivity contribution in [2.45, 2.75) is 18.8 Å². The highest BCUT2D eigenvalue weighted by molar-refractivity contribution is 6.17. The number of rotatable bonds is 5. The fourth-order valence-corrected chi connectivity index (χ4v) is 1.28. The third kappa shape index (κ3) is 3.55. The van der Waals surface area contributed by atoms with Crippen molar-refractivity contribution < 1.29 is 9.59 Å². The molecule has 1 unspecified atom stereocenters. The lowest BCUT2D eigenvalue weighted by molar-refractivity contribution is -0.120. The molecule has 0 fully saturated rings. The van der Waals surface area contributed by atoms with Gasteiger partial charge in [0.05, 0.1) is 0 Å². The quantitative estimate of drug-likeness (QED) is 0.605. The van der Waals surface area contributed by atoms with Crippen molar-refractivity contribution in [1.29, 1.82) is 0 Å².